The fourth-order valence-electron chi connectivity index (χ4n) is 2.61. The van der Waals surface area contributed by atoms with Crippen molar-refractivity contribution >= 4 is 33.2 Å². The molecule has 3 aromatic rings. The van der Waals surface area contributed by atoms with Crippen LogP contribution in [0.1, 0.15) is 22.8 Å². The molecule has 13 heteroatoms. The van der Waals surface area contributed by atoms with Gasteiger partial charge in [0, 0.05) is 30.7 Å². The Hall–Kier alpha value is -3.38. The van der Waals surface area contributed by atoms with Crippen LogP contribution in [0, 0.1) is 0 Å². The number of ether oxygens (including phenoxy) is 1. The van der Waals surface area contributed by atoms with E-state index in [1.54, 1.807) is 6.92 Å². The molecule has 0 aliphatic heterocycles. The highest BCUT2D eigenvalue weighted by Gasteiger charge is 2.31. The second kappa shape index (κ2) is 9.63. The van der Waals surface area contributed by atoms with Crippen LogP contribution in [0.3, 0.4) is 0 Å². The topological polar surface area (TPSA) is 110 Å². The highest BCUT2D eigenvalue weighted by molar-refractivity contribution is 7.92. The standard InChI is InChI=1S/C20H16ClF3N4O4S/c1-2-26-19(29)16-8-14(4-5-17(16)32-15-7-13(21)10-25-11-15)28-33(30,31)18-6-3-12(9-27-18)20(22,23)24/h3-11,28H,2H2,1H3,(H,26,29). The van der Waals surface area contributed by atoms with Gasteiger partial charge in [-0.2, -0.15) is 21.6 Å². The van der Waals surface area contributed by atoms with Gasteiger partial charge in [-0.15, -0.1) is 0 Å². The predicted molar refractivity (Wildman–Crippen MR) is 114 cm³/mol. The normalized spacial score (nSPS) is 11.7. The summed E-state index contributed by atoms with van der Waals surface area (Å²) in [5.74, 6) is -0.202. The zero-order chi connectivity index (χ0) is 24.2. The van der Waals surface area contributed by atoms with E-state index in [-0.39, 0.29) is 22.7 Å². The van der Waals surface area contributed by atoms with Crippen molar-refractivity contribution < 1.29 is 31.1 Å². The summed E-state index contributed by atoms with van der Waals surface area (Å²) in [6, 6.07) is 6.71. The molecule has 0 aliphatic carbocycles. The number of hydrogen-bond donors (Lipinski definition) is 2. The molecular weight excluding hydrogens is 485 g/mol. The van der Waals surface area contributed by atoms with Gasteiger partial charge in [-0.1, -0.05) is 11.6 Å². The van der Waals surface area contributed by atoms with Crippen molar-refractivity contribution in [1.29, 1.82) is 0 Å². The number of nitrogens with zero attached hydrogens (tertiary/aromatic N) is 2. The number of aromatic nitrogens is 2. The van der Waals surface area contributed by atoms with E-state index in [9.17, 15) is 26.4 Å². The summed E-state index contributed by atoms with van der Waals surface area (Å²) in [4.78, 5) is 19.8. The van der Waals surface area contributed by atoms with Crippen LogP contribution in [0.4, 0.5) is 18.9 Å². The maximum Gasteiger partial charge on any atom is 0.417 e. The first-order valence-electron chi connectivity index (χ1n) is 9.26. The van der Waals surface area contributed by atoms with E-state index in [2.05, 4.69) is 20.0 Å². The Morgan fingerprint density at radius 1 is 1.12 bits per heavy atom. The van der Waals surface area contributed by atoms with Crippen LogP contribution in [0.15, 0.2) is 60.0 Å². The highest BCUT2D eigenvalue weighted by atomic mass is 35.5. The summed E-state index contributed by atoms with van der Waals surface area (Å²) in [6.45, 7) is 1.99. The molecule has 8 nitrogen and oxygen atoms in total. The number of pyridine rings is 2. The molecule has 1 aromatic carbocycles. The fraction of sp³-hybridized carbons (Fsp3) is 0.150. The molecule has 0 unspecified atom stereocenters. The lowest BCUT2D eigenvalue weighted by molar-refractivity contribution is -0.137. The molecule has 2 aromatic heterocycles. The number of carbonyl (C=O) groups excluding carboxylic acids is 1. The summed E-state index contributed by atoms with van der Waals surface area (Å²) in [5.41, 5.74) is -1.12. The lowest BCUT2D eigenvalue weighted by Crippen LogP contribution is -2.23. The Bertz CT molecular complexity index is 1270. The van der Waals surface area contributed by atoms with Gasteiger partial charge < -0.3 is 10.1 Å². The Kier molecular flexibility index (Phi) is 7.08. The maximum absolute atomic E-state index is 12.7. The van der Waals surface area contributed by atoms with Crippen molar-refractivity contribution in [1.82, 2.24) is 15.3 Å². The van der Waals surface area contributed by atoms with Crippen LogP contribution >= 0.6 is 11.6 Å². The Balaban J connectivity index is 1.91. The van der Waals surface area contributed by atoms with Crippen LogP contribution in [-0.4, -0.2) is 30.8 Å². The molecule has 174 valence electrons. The van der Waals surface area contributed by atoms with Crippen molar-refractivity contribution in [3.05, 3.63) is 71.1 Å². The second-order valence-corrected chi connectivity index (χ2v) is 8.57. The molecule has 2 heterocycles. The monoisotopic (exact) mass is 500 g/mol. The van der Waals surface area contributed by atoms with Crippen LogP contribution < -0.4 is 14.8 Å². The van der Waals surface area contributed by atoms with E-state index in [0.717, 1.165) is 6.07 Å². The number of anilines is 1. The first kappa shape index (κ1) is 24.3. The largest absolute Gasteiger partial charge is 0.455 e. The van der Waals surface area contributed by atoms with Crippen molar-refractivity contribution in [3.8, 4) is 11.5 Å². The third kappa shape index (κ3) is 6.11. The van der Waals surface area contributed by atoms with Gasteiger partial charge in [-0.25, -0.2) is 4.98 Å². The first-order chi connectivity index (χ1) is 15.5. The average molecular weight is 501 g/mol. The minimum Gasteiger partial charge on any atom is -0.455 e. The van der Waals surface area contributed by atoms with Gasteiger partial charge in [-0.05, 0) is 37.3 Å². The smallest absolute Gasteiger partial charge is 0.417 e. The van der Waals surface area contributed by atoms with E-state index in [4.69, 9.17) is 16.3 Å². The lowest BCUT2D eigenvalue weighted by Gasteiger charge is -2.14. The molecule has 3 rings (SSSR count). The Morgan fingerprint density at radius 2 is 1.88 bits per heavy atom. The van der Waals surface area contributed by atoms with Gasteiger partial charge in [0.2, 0.25) is 0 Å². The molecule has 0 bridgehead atoms. The summed E-state index contributed by atoms with van der Waals surface area (Å²) >= 11 is 5.89. The minimum absolute atomic E-state index is 0.00240. The first-order valence-corrected chi connectivity index (χ1v) is 11.1. The summed E-state index contributed by atoms with van der Waals surface area (Å²) in [6.07, 6.45) is -1.46. The molecule has 0 atom stereocenters. The third-order valence-electron chi connectivity index (χ3n) is 4.06. The molecular formula is C20H16ClF3N4O4S. The van der Waals surface area contributed by atoms with E-state index < -0.39 is 32.7 Å². The van der Waals surface area contributed by atoms with Crippen LogP contribution in [0.5, 0.6) is 11.5 Å². The third-order valence-corrected chi connectivity index (χ3v) is 5.56. The molecule has 1 amide bonds. The van der Waals surface area contributed by atoms with Crippen molar-refractivity contribution in [2.24, 2.45) is 0 Å². The van der Waals surface area contributed by atoms with Gasteiger partial charge in [-0.3, -0.25) is 14.5 Å². The number of benzene rings is 1. The van der Waals surface area contributed by atoms with Crippen LogP contribution in [0.2, 0.25) is 5.02 Å². The van der Waals surface area contributed by atoms with Gasteiger partial charge in [0.15, 0.2) is 5.03 Å². The maximum atomic E-state index is 12.7. The summed E-state index contributed by atoms with van der Waals surface area (Å²) in [7, 11) is -4.34. The van der Waals surface area contributed by atoms with Crippen molar-refractivity contribution in [2.45, 2.75) is 18.1 Å². The van der Waals surface area contributed by atoms with E-state index >= 15 is 0 Å². The number of sulfonamides is 1. The number of alkyl halides is 3. The molecule has 0 aliphatic rings. The molecule has 33 heavy (non-hydrogen) atoms. The SMILES string of the molecule is CCNC(=O)c1cc(NS(=O)(=O)c2ccc(C(F)(F)F)cn2)ccc1Oc1cncc(Cl)c1. The Morgan fingerprint density at radius 3 is 2.48 bits per heavy atom. The van der Waals surface area contributed by atoms with Crippen LogP contribution in [0.25, 0.3) is 0 Å². The highest BCUT2D eigenvalue weighted by Crippen LogP contribution is 2.31. The van der Waals surface area contributed by atoms with Gasteiger partial charge in [0.05, 0.1) is 22.3 Å². The molecule has 0 spiro atoms. The van der Waals surface area contributed by atoms with Gasteiger partial charge in [0.1, 0.15) is 11.5 Å². The number of carbonyl (C=O) groups is 1. The van der Waals surface area contributed by atoms with E-state index in [1.165, 1.54) is 36.7 Å². The number of rotatable bonds is 7. The van der Waals surface area contributed by atoms with E-state index in [1.807, 2.05) is 0 Å². The zero-order valence-electron chi connectivity index (χ0n) is 16.9. The van der Waals surface area contributed by atoms with Crippen LogP contribution in [-0.2, 0) is 16.2 Å². The van der Waals surface area contributed by atoms with Gasteiger partial charge >= 0.3 is 6.18 Å². The van der Waals surface area contributed by atoms with Crippen molar-refractivity contribution in [3.63, 3.8) is 0 Å². The fourth-order valence-corrected chi connectivity index (χ4v) is 3.75. The zero-order valence-corrected chi connectivity index (χ0v) is 18.4. The number of amides is 1. The molecule has 0 saturated carbocycles. The number of halogens is 4. The lowest BCUT2D eigenvalue weighted by atomic mass is 10.1. The molecule has 0 saturated heterocycles. The Labute approximate surface area is 191 Å². The second-order valence-electron chi connectivity index (χ2n) is 6.50. The average Bonchev–Trinajstić information content (AvgIpc) is 2.74. The van der Waals surface area contributed by atoms with Gasteiger partial charge in [0.25, 0.3) is 15.9 Å². The van der Waals surface area contributed by atoms with Crippen molar-refractivity contribution in [2.75, 3.05) is 11.3 Å². The molecule has 0 radical (unpaired) electrons. The molecule has 0 fully saturated rings. The summed E-state index contributed by atoms with van der Waals surface area (Å²) < 4.78 is 71.1. The molecule has 2 N–H and O–H groups in total. The summed E-state index contributed by atoms with van der Waals surface area (Å²) in [5, 5.41) is 2.27. The number of nitrogens with one attached hydrogen (secondary N) is 2. The quantitative estimate of drug-likeness (QED) is 0.494. The predicted octanol–water partition coefficient (Wildman–Crippen LogP) is 4.49. The minimum atomic E-state index is -4.65. The number of hydrogen-bond acceptors (Lipinski definition) is 6. The van der Waals surface area contributed by atoms with E-state index in [0.29, 0.717) is 23.8 Å².